The van der Waals surface area contributed by atoms with Gasteiger partial charge in [-0.15, -0.1) is 11.3 Å². The van der Waals surface area contributed by atoms with Crippen molar-refractivity contribution in [2.45, 2.75) is 6.42 Å². The third kappa shape index (κ3) is 3.30. The zero-order chi connectivity index (χ0) is 19.8. The van der Waals surface area contributed by atoms with Crippen LogP contribution in [0.15, 0.2) is 78.2 Å². The van der Waals surface area contributed by atoms with Crippen molar-refractivity contribution in [3.8, 4) is 0 Å². The Morgan fingerprint density at radius 3 is 2.59 bits per heavy atom. The average molecular weight is 398 g/mol. The fourth-order valence-corrected chi connectivity index (χ4v) is 4.41. The SMILES string of the molecule is O=C(Nc1ccc2c(c1)N(C(=O)c1cccs1)CC2)c1ccc2ccccc2c1. The number of anilines is 2. The van der Waals surface area contributed by atoms with Crippen LogP contribution in [-0.2, 0) is 6.42 Å². The first-order valence-corrected chi connectivity index (χ1v) is 10.4. The van der Waals surface area contributed by atoms with Gasteiger partial charge in [0.05, 0.1) is 4.88 Å². The first-order valence-electron chi connectivity index (χ1n) is 9.47. The highest BCUT2D eigenvalue weighted by Gasteiger charge is 2.26. The Kier molecular flexibility index (Phi) is 4.37. The quantitative estimate of drug-likeness (QED) is 0.505. The summed E-state index contributed by atoms with van der Waals surface area (Å²) in [5.74, 6) is -0.151. The topological polar surface area (TPSA) is 49.4 Å². The van der Waals surface area contributed by atoms with Gasteiger partial charge in [-0.3, -0.25) is 9.59 Å². The molecule has 1 aliphatic rings. The van der Waals surface area contributed by atoms with E-state index in [0.29, 0.717) is 17.8 Å². The molecule has 1 aromatic heterocycles. The molecule has 2 amide bonds. The summed E-state index contributed by atoms with van der Waals surface area (Å²) in [5, 5.41) is 7.01. The second-order valence-corrected chi connectivity index (χ2v) is 7.99. The van der Waals surface area contributed by atoms with Crippen LogP contribution in [0.3, 0.4) is 0 Å². The predicted octanol–water partition coefficient (Wildman–Crippen LogP) is 5.36. The van der Waals surface area contributed by atoms with Crippen LogP contribution in [0, 0.1) is 0 Å². The molecule has 4 nitrogen and oxygen atoms in total. The molecule has 0 radical (unpaired) electrons. The van der Waals surface area contributed by atoms with E-state index in [-0.39, 0.29) is 11.8 Å². The van der Waals surface area contributed by atoms with Crippen LogP contribution in [0.1, 0.15) is 25.6 Å². The second kappa shape index (κ2) is 7.18. The Balaban J connectivity index is 1.40. The molecule has 0 aliphatic carbocycles. The molecule has 0 atom stereocenters. The minimum atomic E-state index is -0.162. The third-order valence-electron chi connectivity index (χ3n) is 5.23. The summed E-state index contributed by atoms with van der Waals surface area (Å²) in [6.07, 6.45) is 0.825. The minimum Gasteiger partial charge on any atom is -0.322 e. The molecule has 0 unspecified atom stereocenters. The van der Waals surface area contributed by atoms with Crippen LogP contribution in [0.25, 0.3) is 10.8 Å². The lowest BCUT2D eigenvalue weighted by atomic mass is 10.1. The number of hydrogen-bond acceptors (Lipinski definition) is 3. The molecular weight excluding hydrogens is 380 g/mol. The van der Waals surface area contributed by atoms with Gasteiger partial charge in [0, 0.05) is 23.5 Å². The lowest BCUT2D eigenvalue weighted by Gasteiger charge is -2.17. The van der Waals surface area contributed by atoms with Crippen molar-refractivity contribution in [2.75, 3.05) is 16.8 Å². The summed E-state index contributed by atoms with van der Waals surface area (Å²) < 4.78 is 0. The average Bonchev–Trinajstić information content (AvgIpc) is 3.43. The standard InChI is InChI=1S/C24H18N2O2S/c27-23(19-8-7-16-4-1-2-5-18(16)14-19)25-20-10-9-17-11-12-26(21(17)15-20)24(28)22-6-3-13-29-22/h1-10,13-15H,11-12H2,(H,25,27). The summed E-state index contributed by atoms with van der Waals surface area (Å²) in [6, 6.07) is 23.2. The van der Waals surface area contributed by atoms with Gasteiger partial charge in [0.15, 0.2) is 0 Å². The number of carbonyl (C=O) groups excluding carboxylic acids is 2. The minimum absolute atomic E-state index is 0.0109. The van der Waals surface area contributed by atoms with Crippen molar-refractivity contribution < 1.29 is 9.59 Å². The lowest BCUT2D eigenvalue weighted by molar-refractivity contribution is 0.0991. The van der Waals surface area contributed by atoms with Gasteiger partial charge in [-0.2, -0.15) is 0 Å². The number of nitrogens with zero attached hydrogens (tertiary/aromatic N) is 1. The maximum atomic E-state index is 12.8. The molecule has 142 valence electrons. The van der Waals surface area contributed by atoms with E-state index in [9.17, 15) is 9.59 Å². The largest absolute Gasteiger partial charge is 0.322 e. The first-order chi connectivity index (χ1) is 14.2. The van der Waals surface area contributed by atoms with E-state index < -0.39 is 0 Å². The van der Waals surface area contributed by atoms with E-state index in [0.717, 1.165) is 33.3 Å². The van der Waals surface area contributed by atoms with Crippen LogP contribution >= 0.6 is 11.3 Å². The highest BCUT2D eigenvalue weighted by molar-refractivity contribution is 7.12. The zero-order valence-electron chi connectivity index (χ0n) is 15.6. The summed E-state index contributed by atoms with van der Waals surface area (Å²) in [6.45, 7) is 0.661. The van der Waals surface area contributed by atoms with Crippen LogP contribution in [0.5, 0.6) is 0 Å². The maximum Gasteiger partial charge on any atom is 0.268 e. The van der Waals surface area contributed by atoms with E-state index >= 15 is 0 Å². The van der Waals surface area contributed by atoms with Crippen molar-refractivity contribution >= 4 is 45.3 Å². The summed E-state index contributed by atoms with van der Waals surface area (Å²) in [4.78, 5) is 28.1. The van der Waals surface area contributed by atoms with Crippen molar-refractivity contribution in [3.63, 3.8) is 0 Å². The number of amides is 2. The highest BCUT2D eigenvalue weighted by Crippen LogP contribution is 2.33. The highest BCUT2D eigenvalue weighted by atomic mass is 32.1. The molecule has 29 heavy (non-hydrogen) atoms. The Morgan fingerprint density at radius 2 is 1.76 bits per heavy atom. The summed E-state index contributed by atoms with van der Waals surface area (Å²) in [5.41, 5.74) is 3.29. The van der Waals surface area contributed by atoms with Gasteiger partial charge in [0.2, 0.25) is 0 Å². The van der Waals surface area contributed by atoms with Crippen LogP contribution in [0.4, 0.5) is 11.4 Å². The fraction of sp³-hybridized carbons (Fsp3) is 0.0833. The number of carbonyl (C=O) groups is 2. The van der Waals surface area contributed by atoms with Gasteiger partial charge in [0.1, 0.15) is 0 Å². The van der Waals surface area contributed by atoms with E-state index in [1.807, 2.05) is 78.2 Å². The number of hydrogen-bond donors (Lipinski definition) is 1. The van der Waals surface area contributed by atoms with Crippen LogP contribution < -0.4 is 10.2 Å². The molecular formula is C24H18N2O2S. The predicted molar refractivity (Wildman–Crippen MR) is 118 cm³/mol. The van der Waals surface area contributed by atoms with E-state index in [1.54, 1.807) is 4.90 Å². The van der Waals surface area contributed by atoms with Gasteiger partial charge < -0.3 is 10.2 Å². The van der Waals surface area contributed by atoms with E-state index in [4.69, 9.17) is 0 Å². The molecule has 0 saturated carbocycles. The molecule has 5 heteroatoms. The molecule has 1 aliphatic heterocycles. The van der Waals surface area contributed by atoms with Gasteiger partial charge >= 0.3 is 0 Å². The fourth-order valence-electron chi connectivity index (χ4n) is 3.74. The van der Waals surface area contributed by atoms with E-state index in [1.165, 1.54) is 11.3 Å². The molecule has 5 rings (SSSR count). The summed E-state index contributed by atoms with van der Waals surface area (Å²) >= 11 is 1.44. The van der Waals surface area contributed by atoms with Crippen molar-refractivity contribution in [1.82, 2.24) is 0 Å². The Morgan fingerprint density at radius 1 is 0.897 bits per heavy atom. The molecule has 0 bridgehead atoms. The van der Waals surface area contributed by atoms with Crippen molar-refractivity contribution in [2.24, 2.45) is 0 Å². The van der Waals surface area contributed by atoms with Crippen molar-refractivity contribution in [1.29, 1.82) is 0 Å². The second-order valence-electron chi connectivity index (χ2n) is 7.04. The zero-order valence-corrected chi connectivity index (χ0v) is 16.4. The Labute approximate surface area is 172 Å². The molecule has 0 fully saturated rings. The van der Waals surface area contributed by atoms with E-state index in [2.05, 4.69) is 5.32 Å². The van der Waals surface area contributed by atoms with Crippen LogP contribution in [-0.4, -0.2) is 18.4 Å². The Hall–Kier alpha value is -3.44. The monoisotopic (exact) mass is 398 g/mol. The molecule has 4 aromatic rings. The molecule has 3 aromatic carbocycles. The lowest BCUT2D eigenvalue weighted by Crippen LogP contribution is -2.28. The number of benzene rings is 3. The normalized spacial score (nSPS) is 12.8. The number of fused-ring (bicyclic) bond motifs is 2. The number of nitrogens with one attached hydrogen (secondary N) is 1. The number of thiophene rings is 1. The van der Waals surface area contributed by atoms with Gasteiger partial charge in [-0.25, -0.2) is 0 Å². The van der Waals surface area contributed by atoms with Crippen LogP contribution in [0.2, 0.25) is 0 Å². The summed E-state index contributed by atoms with van der Waals surface area (Å²) in [7, 11) is 0. The van der Waals surface area contributed by atoms with Gasteiger partial charge in [0.25, 0.3) is 11.8 Å². The molecule has 1 N–H and O–H groups in total. The molecule has 2 heterocycles. The number of rotatable bonds is 3. The smallest absolute Gasteiger partial charge is 0.268 e. The maximum absolute atomic E-state index is 12.8. The molecule has 0 spiro atoms. The molecule has 0 saturated heterocycles. The Bertz CT molecular complexity index is 1230. The van der Waals surface area contributed by atoms with Gasteiger partial charge in [-0.1, -0.05) is 42.5 Å². The first kappa shape index (κ1) is 17.6. The van der Waals surface area contributed by atoms with Crippen molar-refractivity contribution in [3.05, 3.63) is 94.2 Å². The van der Waals surface area contributed by atoms with Gasteiger partial charge in [-0.05, 0) is 58.5 Å². The third-order valence-corrected chi connectivity index (χ3v) is 6.09.